The molecule has 34 heavy (non-hydrogen) atoms. The van der Waals surface area contributed by atoms with E-state index in [1.165, 1.54) is 25.7 Å². The fourth-order valence-electron chi connectivity index (χ4n) is 3.37. The number of ether oxygens (including phenoxy) is 1. The second-order valence-electron chi connectivity index (χ2n) is 8.28. The van der Waals surface area contributed by atoms with Crippen molar-refractivity contribution in [2.24, 2.45) is 0 Å². The highest BCUT2D eigenvalue weighted by molar-refractivity contribution is 7.80. The van der Waals surface area contributed by atoms with Gasteiger partial charge < -0.3 is 15.4 Å². The Balaban J connectivity index is 1.78. The van der Waals surface area contributed by atoms with E-state index in [2.05, 4.69) is 29.8 Å². The Morgan fingerprint density at radius 3 is 2.18 bits per heavy atom. The van der Waals surface area contributed by atoms with Crippen molar-refractivity contribution in [3.63, 3.8) is 0 Å². The molecule has 0 aromatic heterocycles. The van der Waals surface area contributed by atoms with Crippen LogP contribution in [0.3, 0.4) is 0 Å². The lowest BCUT2D eigenvalue weighted by Gasteiger charge is -2.12. The van der Waals surface area contributed by atoms with Gasteiger partial charge in [0.2, 0.25) is 5.91 Å². The number of unbranched alkanes of at least 4 members (excludes halogenated alkanes) is 6. The third-order valence-corrected chi connectivity index (χ3v) is 5.48. The summed E-state index contributed by atoms with van der Waals surface area (Å²) >= 11 is 5.29. The highest BCUT2D eigenvalue weighted by atomic mass is 32.1. The molecule has 7 heteroatoms. The molecule has 0 fully saturated rings. The molecule has 0 radical (unpaired) electrons. The molecule has 0 aliphatic rings. The van der Waals surface area contributed by atoms with Crippen molar-refractivity contribution >= 4 is 40.5 Å². The Hall–Kier alpha value is -2.93. The lowest BCUT2D eigenvalue weighted by molar-refractivity contribution is -0.116. The lowest BCUT2D eigenvalue weighted by atomic mass is 10.2. The maximum Gasteiger partial charge on any atom is 0.257 e. The normalized spacial score (nSPS) is 10.4. The summed E-state index contributed by atoms with van der Waals surface area (Å²) in [5.74, 6) is 0.440. The number of rotatable bonds is 14. The predicted octanol–water partition coefficient (Wildman–Crippen LogP) is 6.68. The van der Waals surface area contributed by atoms with Gasteiger partial charge in [0.25, 0.3) is 5.91 Å². The van der Waals surface area contributed by atoms with E-state index in [-0.39, 0.29) is 16.9 Å². The van der Waals surface area contributed by atoms with E-state index in [1.807, 2.05) is 18.2 Å². The zero-order valence-corrected chi connectivity index (χ0v) is 21.1. The minimum absolute atomic E-state index is 0.00889. The standard InChI is InChI=1S/C27H37N3O3S/c1-3-5-7-8-10-19-33-24-17-15-21(16-18-24)26(32)30-27(34)29-23-13-11-12-22(20-23)28-25(31)14-9-6-4-2/h11-13,15-18,20H,3-10,14,19H2,1-2H3,(H,28,31)(H2,29,30,32,34). The summed E-state index contributed by atoms with van der Waals surface area (Å²) in [6, 6.07) is 14.3. The molecule has 2 aromatic carbocycles. The van der Waals surface area contributed by atoms with Crippen molar-refractivity contribution in [2.45, 2.75) is 71.6 Å². The molecule has 2 amide bonds. The molecule has 2 aromatic rings. The molecule has 184 valence electrons. The minimum atomic E-state index is -0.302. The summed E-state index contributed by atoms with van der Waals surface area (Å²) in [7, 11) is 0. The predicted molar refractivity (Wildman–Crippen MR) is 144 cm³/mol. The van der Waals surface area contributed by atoms with Crippen molar-refractivity contribution < 1.29 is 14.3 Å². The molecule has 0 saturated carbocycles. The third-order valence-electron chi connectivity index (χ3n) is 5.27. The Morgan fingerprint density at radius 2 is 1.47 bits per heavy atom. The van der Waals surface area contributed by atoms with Gasteiger partial charge in [-0.25, -0.2) is 0 Å². The second-order valence-corrected chi connectivity index (χ2v) is 8.69. The van der Waals surface area contributed by atoms with Gasteiger partial charge in [0.1, 0.15) is 5.75 Å². The monoisotopic (exact) mass is 483 g/mol. The SMILES string of the molecule is CCCCCCCOc1ccc(C(=O)NC(=S)Nc2cccc(NC(=O)CCCCC)c2)cc1. The quantitative estimate of drug-likeness (QED) is 0.206. The first kappa shape index (κ1) is 27.3. The van der Waals surface area contributed by atoms with Gasteiger partial charge in [0, 0.05) is 23.4 Å². The van der Waals surface area contributed by atoms with Gasteiger partial charge in [0.15, 0.2) is 5.11 Å². The van der Waals surface area contributed by atoms with Crippen LogP contribution in [-0.2, 0) is 4.79 Å². The van der Waals surface area contributed by atoms with Crippen molar-refractivity contribution in [1.29, 1.82) is 0 Å². The molecule has 3 N–H and O–H groups in total. The van der Waals surface area contributed by atoms with Gasteiger partial charge >= 0.3 is 0 Å². The van der Waals surface area contributed by atoms with Crippen LogP contribution in [0, 0.1) is 0 Å². The first-order chi connectivity index (χ1) is 16.5. The van der Waals surface area contributed by atoms with Crippen LogP contribution in [0.4, 0.5) is 11.4 Å². The summed E-state index contributed by atoms with van der Waals surface area (Å²) in [6.45, 7) is 4.99. The molecule has 0 aliphatic carbocycles. The Labute approximate surface area is 208 Å². The highest BCUT2D eigenvalue weighted by Gasteiger charge is 2.09. The molecule has 2 rings (SSSR count). The molecule has 0 spiro atoms. The van der Waals surface area contributed by atoms with Crippen LogP contribution in [-0.4, -0.2) is 23.5 Å². The first-order valence-electron chi connectivity index (χ1n) is 12.3. The number of hydrogen-bond acceptors (Lipinski definition) is 4. The van der Waals surface area contributed by atoms with Crippen molar-refractivity contribution in [3.05, 3.63) is 54.1 Å². The second kappa shape index (κ2) is 15.8. The summed E-state index contributed by atoms with van der Waals surface area (Å²) in [4.78, 5) is 24.6. The molecule has 0 atom stereocenters. The number of carbonyl (C=O) groups excluding carboxylic acids is 2. The van der Waals surface area contributed by atoms with E-state index in [4.69, 9.17) is 17.0 Å². The summed E-state index contributed by atoms with van der Waals surface area (Å²) < 4.78 is 5.75. The van der Waals surface area contributed by atoms with Gasteiger partial charge in [-0.05, 0) is 67.5 Å². The van der Waals surface area contributed by atoms with E-state index in [9.17, 15) is 9.59 Å². The van der Waals surface area contributed by atoms with E-state index in [1.54, 1.807) is 30.3 Å². The van der Waals surface area contributed by atoms with Crippen LogP contribution >= 0.6 is 12.2 Å². The van der Waals surface area contributed by atoms with E-state index >= 15 is 0 Å². The zero-order valence-electron chi connectivity index (χ0n) is 20.3. The fraction of sp³-hybridized carbons (Fsp3) is 0.444. The van der Waals surface area contributed by atoms with Gasteiger partial charge in [-0.15, -0.1) is 0 Å². The van der Waals surface area contributed by atoms with E-state index in [0.717, 1.165) is 31.4 Å². The number of anilines is 2. The maximum atomic E-state index is 12.5. The van der Waals surface area contributed by atoms with E-state index < -0.39 is 0 Å². The first-order valence-corrected chi connectivity index (χ1v) is 12.7. The van der Waals surface area contributed by atoms with Gasteiger partial charge in [-0.2, -0.15) is 0 Å². The average Bonchev–Trinajstić information content (AvgIpc) is 2.82. The number of thiocarbonyl (C=S) groups is 1. The molecule has 0 heterocycles. The summed E-state index contributed by atoms with van der Waals surface area (Å²) in [5.41, 5.74) is 1.86. The van der Waals surface area contributed by atoms with Crippen LogP contribution in [0.2, 0.25) is 0 Å². The summed E-state index contributed by atoms with van der Waals surface area (Å²) in [6.07, 6.45) is 9.44. The van der Waals surface area contributed by atoms with Crippen molar-refractivity contribution in [2.75, 3.05) is 17.2 Å². The maximum absolute atomic E-state index is 12.5. The number of hydrogen-bond donors (Lipinski definition) is 3. The molecular formula is C27H37N3O3S. The molecule has 6 nitrogen and oxygen atoms in total. The van der Waals surface area contributed by atoms with Crippen molar-refractivity contribution in [1.82, 2.24) is 5.32 Å². The van der Waals surface area contributed by atoms with Crippen LogP contribution in [0.25, 0.3) is 0 Å². The minimum Gasteiger partial charge on any atom is -0.494 e. The fourth-order valence-corrected chi connectivity index (χ4v) is 3.58. The van der Waals surface area contributed by atoms with Crippen LogP contribution in [0.5, 0.6) is 5.75 Å². The molecule has 0 bridgehead atoms. The van der Waals surface area contributed by atoms with Gasteiger partial charge in [-0.3, -0.25) is 14.9 Å². The van der Waals surface area contributed by atoms with E-state index in [0.29, 0.717) is 30.0 Å². The zero-order chi connectivity index (χ0) is 24.6. The third kappa shape index (κ3) is 10.8. The smallest absolute Gasteiger partial charge is 0.257 e. The molecular weight excluding hydrogens is 446 g/mol. The largest absolute Gasteiger partial charge is 0.494 e. The molecule has 0 saturated heterocycles. The number of carbonyl (C=O) groups is 2. The van der Waals surface area contributed by atoms with Crippen LogP contribution < -0.4 is 20.7 Å². The number of amides is 2. The van der Waals surface area contributed by atoms with Gasteiger partial charge in [-0.1, -0.05) is 58.4 Å². The van der Waals surface area contributed by atoms with Gasteiger partial charge in [0.05, 0.1) is 6.61 Å². The molecule has 0 unspecified atom stereocenters. The Morgan fingerprint density at radius 1 is 0.824 bits per heavy atom. The summed E-state index contributed by atoms with van der Waals surface area (Å²) in [5, 5.41) is 8.75. The Kier molecular flexibility index (Phi) is 12.7. The number of benzene rings is 2. The van der Waals surface area contributed by atoms with Crippen molar-refractivity contribution in [3.8, 4) is 5.75 Å². The highest BCUT2D eigenvalue weighted by Crippen LogP contribution is 2.16. The van der Waals surface area contributed by atoms with Crippen LogP contribution in [0.15, 0.2) is 48.5 Å². The van der Waals surface area contributed by atoms with Crippen LogP contribution in [0.1, 0.15) is 82.0 Å². The Bertz CT molecular complexity index is 916. The molecule has 0 aliphatic heterocycles. The lowest BCUT2D eigenvalue weighted by Crippen LogP contribution is -2.34. The number of nitrogens with one attached hydrogen (secondary N) is 3. The topological polar surface area (TPSA) is 79.5 Å². The average molecular weight is 484 g/mol.